The second-order valence-electron chi connectivity index (χ2n) is 8.52. The van der Waals surface area contributed by atoms with E-state index in [4.69, 9.17) is 19.6 Å². The Morgan fingerprint density at radius 1 is 1.16 bits per heavy atom. The largest absolute Gasteiger partial charge is 0.489 e. The van der Waals surface area contributed by atoms with Crippen molar-refractivity contribution in [3.63, 3.8) is 0 Å². The number of carbonyl (C=O) groups excluding carboxylic acids is 2. The minimum absolute atomic E-state index is 0.0125. The topological polar surface area (TPSA) is 126 Å². The van der Waals surface area contributed by atoms with Crippen LogP contribution in [0.4, 0.5) is 22.4 Å². The average molecular weight is 537 g/mol. The first-order valence-electron chi connectivity index (χ1n) is 11.5. The summed E-state index contributed by atoms with van der Waals surface area (Å²) in [4.78, 5) is 28.4. The number of primary amides is 1. The molecule has 202 valence electrons. The van der Waals surface area contributed by atoms with E-state index in [1.54, 1.807) is 0 Å². The zero-order chi connectivity index (χ0) is 27.4. The number of rotatable bonds is 11. The van der Waals surface area contributed by atoms with E-state index < -0.39 is 36.4 Å². The fourth-order valence-electron chi connectivity index (χ4n) is 3.49. The highest BCUT2D eigenvalue weighted by atomic mass is 19.3. The van der Waals surface area contributed by atoms with E-state index in [2.05, 4.69) is 15.0 Å². The summed E-state index contributed by atoms with van der Waals surface area (Å²) in [5.41, 5.74) is 5.04. The number of ether oxygens (including phenoxy) is 3. The number of nitrogens with two attached hydrogens (primary N) is 1. The van der Waals surface area contributed by atoms with Gasteiger partial charge in [0.2, 0.25) is 5.89 Å². The van der Waals surface area contributed by atoms with Crippen LogP contribution in [0.25, 0.3) is 11.5 Å². The summed E-state index contributed by atoms with van der Waals surface area (Å²) in [5, 5.41) is 2.45. The number of benzene rings is 2. The second kappa shape index (κ2) is 11.4. The van der Waals surface area contributed by atoms with Gasteiger partial charge in [0.15, 0.2) is 29.1 Å². The van der Waals surface area contributed by atoms with Gasteiger partial charge in [0.1, 0.15) is 11.6 Å². The van der Waals surface area contributed by atoms with Crippen molar-refractivity contribution in [2.75, 3.05) is 6.61 Å². The molecule has 1 saturated carbocycles. The average Bonchev–Trinajstić information content (AvgIpc) is 3.57. The molecule has 0 saturated heterocycles. The van der Waals surface area contributed by atoms with Gasteiger partial charge in [-0.3, -0.25) is 4.79 Å². The summed E-state index contributed by atoms with van der Waals surface area (Å²) in [6.45, 7) is -1.70. The van der Waals surface area contributed by atoms with Crippen molar-refractivity contribution in [3.8, 4) is 23.0 Å². The fourth-order valence-corrected chi connectivity index (χ4v) is 3.49. The molecule has 0 aliphatic heterocycles. The highest BCUT2D eigenvalue weighted by Crippen LogP contribution is 2.37. The highest BCUT2D eigenvalue weighted by molar-refractivity contribution is 5.94. The molecular weight excluding hydrogens is 514 g/mol. The summed E-state index contributed by atoms with van der Waals surface area (Å²) in [6, 6.07) is 6.86. The first-order valence-corrected chi connectivity index (χ1v) is 11.5. The van der Waals surface area contributed by atoms with Crippen LogP contribution in [0.5, 0.6) is 11.5 Å². The maximum Gasteiger partial charge on any atom is 0.405 e. The number of nitrogens with zero attached hydrogens (tertiary/aromatic N) is 1. The van der Waals surface area contributed by atoms with Gasteiger partial charge in [-0.2, -0.15) is 8.78 Å². The molecule has 1 aromatic heterocycles. The van der Waals surface area contributed by atoms with Gasteiger partial charge in [-0.15, -0.1) is 0 Å². The summed E-state index contributed by atoms with van der Waals surface area (Å²) in [6.07, 6.45) is -0.360. The van der Waals surface area contributed by atoms with E-state index in [0.29, 0.717) is 18.6 Å². The van der Waals surface area contributed by atoms with E-state index >= 15 is 0 Å². The lowest BCUT2D eigenvalue weighted by Crippen LogP contribution is -2.26. The van der Waals surface area contributed by atoms with E-state index in [1.807, 2.05) is 0 Å². The minimum Gasteiger partial charge on any atom is -0.489 e. The zero-order valence-electron chi connectivity index (χ0n) is 20.0. The van der Waals surface area contributed by atoms with Crippen molar-refractivity contribution >= 4 is 12.0 Å². The molecule has 0 bridgehead atoms. The maximum absolute atomic E-state index is 14.0. The molecule has 0 radical (unpaired) electrons. The van der Waals surface area contributed by atoms with Gasteiger partial charge in [0.25, 0.3) is 5.91 Å². The number of carbonyl (C=O) groups is 2. The van der Waals surface area contributed by atoms with Crippen molar-refractivity contribution < 1.29 is 45.8 Å². The van der Waals surface area contributed by atoms with Crippen LogP contribution in [0.2, 0.25) is 0 Å². The standard InChI is InChI=1S/C25H23F4N3O6/c1-12(36-25(30)34)21-20(22(33)31-10-15-4-6-16(26)9-17(15)27)32-23(38-21)14-5-7-18(37-24(28)29)19(8-14)35-11-13-2-3-13/h4-9,12-13,24H,2-3,10-11H2,1H3,(H2,30,34)(H,31,33). The summed E-state index contributed by atoms with van der Waals surface area (Å²) in [5.74, 6) is -2.61. The Kier molecular flexibility index (Phi) is 8.03. The SMILES string of the molecule is CC(OC(N)=O)c1oc(-c2ccc(OC(F)F)c(OCC3CC3)c2)nc1C(=O)NCc1ccc(F)cc1F. The van der Waals surface area contributed by atoms with Crippen molar-refractivity contribution in [3.05, 3.63) is 65.1 Å². The number of hydrogen-bond acceptors (Lipinski definition) is 7. The Hall–Kier alpha value is -4.29. The van der Waals surface area contributed by atoms with Crippen LogP contribution in [-0.4, -0.2) is 30.2 Å². The smallest absolute Gasteiger partial charge is 0.405 e. The van der Waals surface area contributed by atoms with Crippen molar-refractivity contribution in [1.29, 1.82) is 0 Å². The lowest BCUT2D eigenvalue weighted by molar-refractivity contribution is -0.0515. The van der Waals surface area contributed by atoms with Crippen molar-refractivity contribution in [2.45, 2.75) is 39.0 Å². The Morgan fingerprint density at radius 3 is 2.58 bits per heavy atom. The Labute approximate surface area is 213 Å². The molecule has 0 spiro atoms. The molecule has 13 heteroatoms. The molecular formula is C25H23F4N3O6. The van der Waals surface area contributed by atoms with Crippen molar-refractivity contribution in [2.24, 2.45) is 11.7 Å². The van der Waals surface area contributed by atoms with Gasteiger partial charge < -0.3 is 29.7 Å². The number of hydrogen-bond donors (Lipinski definition) is 2. The highest BCUT2D eigenvalue weighted by Gasteiger charge is 2.28. The molecule has 1 aliphatic rings. The quantitative estimate of drug-likeness (QED) is 0.326. The molecule has 38 heavy (non-hydrogen) atoms. The maximum atomic E-state index is 14.0. The fraction of sp³-hybridized carbons (Fsp3) is 0.320. The predicted octanol–water partition coefficient (Wildman–Crippen LogP) is 5.10. The lowest BCUT2D eigenvalue weighted by Gasteiger charge is -2.13. The van der Waals surface area contributed by atoms with Gasteiger partial charge in [0.05, 0.1) is 6.61 Å². The van der Waals surface area contributed by atoms with Gasteiger partial charge in [-0.1, -0.05) is 6.07 Å². The van der Waals surface area contributed by atoms with E-state index in [-0.39, 0.29) is 46.5 Å². The molecule has 1 fully saturated rings. The third-order valence-electron chi connectivity index (χ3n) is 5.56. The molecule has 2 aromatic carbocycles. The van der Waals surface area contributed by atoms with Crippen LogP contribution in [0.1, 0.15) is 47.7 Å². The minimum atomic E-state index is -3.08. The number of halogens is 4. The van der Waals surface area contributed by atoms with E-state index in [1.165, 1.54) is 31.2 Å². The van der Waals surface area contributed by atoms with Crippen LogP contribution in [0.3, 0.4) is 0 Å². The Morgan fingerprint density at radius 2 is 1.92 bits per heavy atom. The van der Waals surface area contributed by atoms with Crippen LogP contribution >= 0.6 is 0 Å². The molecule has 1 unspecified atom stereocenters. The molecule has 3 aromatic rings. The predicted molar refractivity (Wildman–Crippen MR) is 123 cm³/mol. The Bertz CT molecular complexity index is 1330. The van der Waals surface area contributed by atoms with Crippen LogP contribution in [0, 0.1) is 17.6 Å². The zero-order valence-corrected chi connectivity index (χ0v) is 20.0. The number of alkyl halides is 2. The lowest BCUT2D eigenvalue weighted by atomic mass is 10.2. The first-order chi connectivity index (χ1) is 18.1. The summed E-state index contributed by atoms with van der Waals surface area (Å²) in [7, 11) is 0. The molecule has 2 amide bonds. The molecule has 9 nitrogen and oxygen atoms in total. The molecule has 4 rings (SSSR count). The third-order valence-corrected chi connectivity index (χ3v) is 5.56. The molecule has 1 aliphatic carbocycles. The first kappa shape index (κ1) is 26.8. The van der Waals surface area contributed by atoms with Crippen LogP contribution < -0.4 is 20.5 Å². The summed E-state index contributed by atoms with van der Waals surface area (Å²) >= 11 is 0. The van der Waals surface area contributed by atoms with Gasteiger partial charge in [-0.05, 0) is 49.9 Å². The summed E-state index contributed by atoms with van der Waals surface area (Å²) < 4.78 is 73.7. The molecule has 1 atom stereocenters. The third kappa shape index (κ3) is 6.72. The monoisotopic (exact) mass is 537 g/mol. The van der Waals surface area contributed by atoms with Gasteiger partial charge >= 0.3 is 12.7 Å². The Balaban J connectivity index is 1.63. The van der Waals surface area contributed by atoms with Gasteiger partial charge in [0, 0.05) is 23.7 Å². The van der Waals surface area contributed by atoms with Crippen LogP contribution in [0.15, 0.2) is 40.8 Å². The number of amides is 2. The van der Waals surface area contributed by atoms with Crippen molar-refractivity contribution in [1.82, 2.24) is 10.3 Å². The number of oxazole rings is 1. The second-order valence-corrected chi connectivity index (χ2v) is 8.52. The van der Waals surface area contributed by atoms with Gasteiger partial charge in [-0.25, -0.2) is 18.6 Å². The van der Waals surface area contributed by atoms with Crippen LogP contribution in [-0.2, 0) is 11.3 Å². The molecule has 1 heterocycles. The van der Waals surface area contributed by atoms with E-state index in [9.17, 15) is 27.2 Å². The number of aromatic nitrogens is 1. The molecule has 3 N–H and O–H groups in total. The normalized spacial score (nSPS) is 13.7. The van der Waals surface area contributed by atoms with E-state index in [0.717, 1.165) is 18.9 Å². The number of nitrogens with one attached hydrogen (secondary N) is 1.